The molecule has 0 bridgehead atoms. The third kappa shape index (κ3) is 2.80. The van der Waals surface area contributed by atoms with Gasteiger partial charge in [-0.3, -0.25) is 4.98 Å². The molecule has 0 amide bonds. The van der Waals surface area contributed by atoms with Gasteiger partial charge in [-0.2, -0.15) is 0 Å². The fraction of sp³-hybridized carbons (Fsp3) is 0.615. The second-order valence-electron chi connectivity index (χ2n) is 4.45. The van der Waals surface area contributed by atoms with Crippen LogP contribution in [-0.4, -0.2) is 23.2 Å². The van der Waals surface area contributed by atoms with Crippen LogP contribution < -0.4 is 5.32 Å². The first-order valence-electron chi connectivity index (χ1n) is 6.17. The van der Waals surface area contributed by atoms with E-state index in [1.807, 2.05) is 18.3 Å². The Morgan fingerprint density at radius 2 is 2.19 bits per heavy atom. The summed E-state index contributed by atoms with van der Waals surface area (Å²) in [5, 5.41) is 12.3. The van der Waals surface area contributed by atoms with Crippen LogP contribution in [0.1, 0.15) is 37.4 Å². The molecule has 88 valence electrons. The molecule has 1 aliphatic rings. The molecule has 2 N–H and O–H groups in total. The first-order chi connectivity index (χ1) is 7.92. The van der Waals surface area contributed by atoms with E-state index >= 15 is 0 Å². The van der Waals surface area contributed by atoms with Gasteiger partial charge in [-0.05, 0) is 30.9 Å². The molecule has 1 heterocycles. The zero-order valence-corrected chi connectivity index (χ0v) is 9.60. The molecule has 0 saturated heterocycles. The summed E-state index contributed by atoms with van der Waals surface area (Å²) in [5.74, 6) is 0.682. The van der Waals surface area contributed by atoms with Gasteiger partial charge in [0.1, 0.15) is 0 Å². The smallest absolute Gasteiger partial charge is 0.0576 e. The fourth-order valence-corrected chi connectivity index (χ4v) is 2.58. The van der Waals surface area contributed by atoms with E-state index in [0.29, 0.717) is 18.5 Å². The molecule has 1 unspecified atom stereocenters. The van der Waals surface area contributed by atoms with Gasteiger partial charge in [-0.15, -0.1) is 0 Å². The average molecular weight is 220 g/mol. The van der Waals surface area contributed by atoms with E-state index in [1.165, 1.54) is 25.7 Å². The Bertz CT molecular complexity index is 296. The van der Waals surface area contributed by atoms with Crippen LogP contribution in [0, 0.1) is 5.92 Å². The molecule has 1 aromatic rings. The lowest BCUT2D eigenvalue weighted by molar-refractivity contribution is 0.266. The van der Waals surface area contributed by atoms with Gasteiger partial charge in [0.2, 0.25) is 0 Å². The number of rotatable bonds is 5. The van der Waals surface area contributed by atoms with Gasteiger partial charge in [-0.1, -0.05) is 18.9 Å². The van der Waals surface area contributed by atoms with Crippen LogP contribution in [0.2, 0.25) is 0 Å². The van der Waals surface area contributed by atoms with Crippen LogP contribution in [-0.2, 0) is 0 Å². The second kappa shape index (κ2) is 5.97. The van der Waals surface area contributed by atoms with Crippen LogP contribution >= 0.6 is 0 Å². The molecule has 0 aromatic carbocycles. The minimum absolute atomic E-state index is 0.191. The largest absolute Gasteiger partial charge is 0.395 e. The monoisotopic (exact) mass is 220 g/mol. The molecule has 1 aliphatic carbocycles. The zero-order valence-electron chi connectivity index (χ0n) is 9.60. The predicted molar refractivity (Wildman–Crippen MR) is 64.0 cm³/mol. The Kier molecular flexibility index (Phi) is 4.31. The Morgan fingerprint density at radius 3 is 2.81 bits per heavy atom. The van der Waals surface area contributed by atoms with Crippen molar-refractivity contribution in [3.05, 3.63) is 30.1 Å². The van der Waals surface area contributed by atoms with Crippen LogP contribution in [0.25, 0.3) is 0 Å². The summed E-state index contributed by atoms with van der Waals surface area (Å²) in [7, 11) is 0. The lowest BCUT2D eigenvalue weighted by Crippen LogP contribution is -2.30. The molecule has 1 saturated carbocycles. The number of aliphatic hydroxyl groups is 1. The predicted octanol–water partition coefficient (Wildman–Crippen LogP) is 1.89. The summed E-state index contributed by atoms with van der Waals surface area (Å²) >= 11 is 0. The maximum absolute atomic E-state index is 8.92. The van der Waals surface area contributed by atoms with Gasteiger partial charge >= 0.3 is 0 Å². The van der Waals surface area contributed by atoms with Gasteiger partial charge < -0.3 is 10.4 Å². The normalized spacial score (nSPS) is 18.8. The lowest BCUT2D eigenvalue weighted by atomic mass is 9.95. The molecule has 1 aromatic heterocycles. The Balaban J connectivity index is 2.07. The number of hydrogen-bond donors (Lipinski definition) is 2. The first kappa shape index (κ1) is 11.6. The number of pyridine rings is 1. The van der Waals surface area contributed by atoms with Gasteiger partial charge in [0.15, 0.2) is 0 Å². The van der Waals surface area contributed by atoms with E-state index in [0.717, 1.165) is 5.69 Å². The second-order valence-corrected chi connectivity index (χ2v) is 4.45. The van der Waals surface area contributed by atoms with Crippen molar-refractivity contribution in [3.63, 3.8) is 0 Å². The van der Waals surface area contributed by atoms with Crippen molar-refractivity contribution in [2.24, 2.45) is 5.92 Å². The van der Waals surface area contributed by atoms with Crippen molar-refractivity contribution in [2.45, 2.75) is 31.7 Å². The minimum Gasteiger partial charge on any atom is -0.395 e. The quantitative estimate of drug-likeness (QED) is 0.796. The highest BCUT2D eigenvalue weighted by Gasteiger charge is 2.26. The number of nitrogens with one attached hydrogen (secondary N) is 1. The van der Waals surface area contributed by atoms with Crippen LogP contribution in [0.5, 0.6) is 0 Å². The molecule has 1 fully saturated rings. The third-order valence-electron chi connectivity index (χ3n) is 3.35. The molecular weight excluding hydrogens is 200 g/mol. The summed E-state index contributed by atoms with van der Waals surface area (Å²) < 4.78 is 0. The minimum atomic E-state index is 0.191. The summed E-state index contributed by atoms with van der Waals surface area (Å²) in [5.41, 5.74) is 1.11. The molecular formula is C13H20N2O. The molecule has 16 heavy (non-hydrogen) atoms. The van der Waals surface area contributed by atoms with Crippen molar-refractivity contribution in [1.29, 1.82) is 0 Å². The molecule has 1 atom stereocenters. The summed E-state index contributed by atoms with van der Waals surface area (Å²) in [6.45, 7) is 0.841. The Hall–Kier alpha value is -0.930. The summed E-state index contributed by atoms with van der Waals surface area (Å²) in [6.07, 6.45) is 7.06. The van der Waals surface area contributed by atoms with Gasteiger partial charge in [0, 0.05) is 12.7 Å². The van der Waals surface area contributed by atoms with E-state index in [2.05, 4.69) is 16.4 Å². The highest BCUT2D eigenvalue weighted by molar-refractivity contribution is 5.10. The number of nitrogens with zero attached hydrogens (tertiary/aromatic N) is 1. The van der Waals surface area contributed by atoms with Crippen molar-refractivity contribution in [3.8, 4) is 0 Å². The van der Waals surface area contributed by atoms with Gasteiger partial charge in [-0.25, -0.2) is 0 Å². The average Bonchev–Trinajstić information content (AvgIpc) is 2.85. The maximum Gasteiger partial charge on any atom is 0.0576 e. The standard InChI is InChI=1S/C13H20N2O/c16-10-9-15-13(11-5-1-2-6-11)12-7-3-4-8-14-12/h3-4,7-8,11,13,15-16H,1-2,5-6,9-10H2. The van der Waals surface area contributed by atoms with Crippen molar-refractivity contribution >= 4 is 0 Å². The van der Waals surface area contributed by atoms with E-state index in [1.54, 1.807) is 0 Å². The van der Waals surface area contributed by atoms with E-state index in [4.69, 9.17) is 5.11 Å². The Morgan fingerprint density at radius 1 is 1.38 bits per heavy atom. The van der Waals surface area contributed by atoms with Crippen molar-refractivity contribution < 1.29 is 5.11 Å². The summed E-state index contributed by atoms with van der Waals surface area (Å²) in [6, 6.07) is 6.37. The lowest BCUT2D eigenvalue weighted by Gasteiger charge is -2.23. The molecule has 3 heteroatoms. The SMILES string of the molecule is OCCNC(c1ccccn1)C1CCCC1. The van der Waals surface area contributed by atoms with Gasteiger partial charge in [0.25, 0.3) is 0 Å². The van der Waals surface area contributed by atoms with E-state index in [9.17, 15) is 0 Å². The van der Waals surface area contributed by atoms with Crippen molar-refractivity contribution in [1.82, 2.24) is 10.3 Å². The molecule has 0 aliphatic heterocycles. The van der Waals surface area contributed by atoms with Crippen LogP contribution in [0.4, 0.5) is 0 Å². The number of aromatic nitrogens is 1. The van der Waals surface area contributed by atoms with Crippen LogP contribution in [0.15, 0.2) is 24.4 Å². The number of hydrogen-bond acceptors (Lipinski definition) is 3. The summed E-state index contributed by atoms with van der Waals surface area (Å²) in [4.78, 5) is 4.43. The highest BCUT2D eigenvalue weighted by atomic mass is 16.3. The fourth-order valence-electron chi connectivity index (χ4n) is 2.58. The van der Waals surface area contributed by atoms with Crippen LogP contribution in [0.3, 0.4) is 0 Å². The first-order valence-corrected chi connectivity index (χ1v) is 6.17. The highest BCUT2D eigenvalue weighted by Crippen LogP contribution is 2.34. The molecule has 0 radical (unpaired) electrons. The number of aliphatic hydroxyl groups excluding tert-OH is 1. The third-order valence-corrected chi connectivity index (χ3v) is 3.35. The molecule has 3 nitrogen and oxygen atoms in total. The maximum atomic E-state index is 8.92. The van der Waals surface area contributed by atoms with E-state index < -0.39 is 0 Å². The topological polar surface area (TPSA) is 45.1 Å². The van der Waals surface area contributed by atoms with Gasteiger partial charge in [0.05, 0.1) is 18.3 Å². The zero-order chi connectivity index (χ0) is 11.2. The van der Waals surface area contributed by atoms with E-state index in [-0.39, 0.29) is 6.61 Å². The van der Waals surface area contributed by atoms with Crippen molar-refractivity contribution in [2.75, 3.05) is 13.2 Å². The molecule has 2 rings (SSSR count). The Labute approximate surface area is 96.9 Å². The molecule has 0 spiro atoms.